The van der Waals surface area contributed by atoms with Crippen LogP contribution in [-0.4, -0.2) is 42.5 Å². The van der Waals surface area contributed by atoms with Crippen molar-refractivity contribution in [3.05, 3.63) is 33.9 Å². The van der Waals surface area contributed by atoms with Gasteiger partial charge >= 0.3 is 5.69 Å². The van der Waals surface area contributed by atoms with Crippen molar-refractivity contribution in [1.29, 1.82) is 0 Å². The van der Waals surface area contributed by atoms with Gasteiger partial charge in [-0.25, -0.2) is 0 Å². The molecule has 0 saturated carbocycles. The van der Waals surface area contributed by atoms with Crippen molar-refractivity contribution in [2.75, 3.05) is 26.7 Å². The number of nitro groups is 1. The van der Waals surface area contributed by atoms with Crippen LogP contribution in [-0.2, 0) is 11.3 Å². The minimum atomic E-state index is -0.419. The number of carbonyl (C=O) groups excluding carboxylic acids is 1. The monoisotopic (exact) mass is 363 g/mol. The van der Waals surface area contributed by atoms with Crippen LogP contribution in [0, 0.1) is 16.0 Å². The van der Waals surface area contributed by atoms with Crippen LogP contribution in [0.3, 0.4) is 0 Å². The summed E-state index contributed by atoms with van der Waals surface area (Å²) in [6.07, 6.45) is 5.00. The molecule has 1 amide bonds. The molecule has 7 heteroatoms. The van der Waals surface area contributed by atoms with Crippen LogP contribution in [0.2, 0.25) is 0 Å². The number of rotatable bonds is 9. The predicted octanol–water partition coefficient (Wildman–Crippen LogP) is 3.12. The zero-order valence-corrected chi connectivity index (χ0v) is 15.7. The lowest BCUT2D eigenvalue weighted by Gasteiger charge is -2.31. The third kappa shape index (κ3) is 5.69. The molecule has 1 fully saturated rings. The van der Waals surface area contributed by atoms with Gasteiger partial charge in [0, 0.05) is 25.1 Å². The molecule has 2 rings (SSSR count). The highest BCUT2D eigenvalue weighted by Crippen LogP contribution is 2.28. The Morgan fingerprint density at radius 3 is 2.69 bits per heavy atom. The van der Waals surface area contributed by atoms with E-state index in [2.05, 4.69) is 17.1 Å². The maximum Gasteiger partial charge on any atom is 0.311 e. The minimum absolute atomic E-state index is 0.00802. The average molecular weight is 363 g/mol. The summed E-state index contributed by atoms with van der Waals surface area (Å²) in [6.45, 7) is 5.22. The van der Waals surface area contributed by atoms with E-state index < -0.39 is 4.92 Å². The van der Waals surface area contributed by atoms with Gasteiger partial charge in [0.15, 0.2) is 5.75 Å². The fraction of sp³-hybridized carbons (Fsp3) is 0.632. The first kappa shape index (κ1) is 20.2. The van der Waals surface area contributed by atoms with Crippen molar-refractivity contribution < 1.29 is 14.5 Å². The molecule has 1 N–H and O–H groups in total. The zero-order chi connectivity index (χ0) is 18.9. The Hall–Kier alpha value is -2.15. The molecule has 0 bridgehead atoms. The van der Waals surface area contributed by atoms with Gasteiger partial charge in [-0.15, -0.1) is 0 Å². The number of hydrogen-bond acceptors (Lipinski definition) is 5. The number of piperidine rings is 1. The molecule has 0 aliphatic carbocycles. The summed E-state index contributed by atoms with van der Waals surface area (Å²) in [6, 6.07) is 5.08. The van der Waals surface area contributed by atoms with Gasteiger partial charge in [0.1, 0.15) is 0 Å². The van der Waals surface area contributed by atoms with Gasteiger partial charge in [0.2, 0.25) is 5.91 Å². The second-order valence-corrected chi connectivity index (χ2v) is 6.81. The van der Waals surface area contributed by atoms with Crippen molar-refractivity contribution in [1.82, 2.24) is 10.2 Å². The standard InChI is InChI=1S/C19H29N3O4/c1-3-4-5-10-20-19(23)16-8-11-21(12-9-16)14-15-6-7-18(26-2)17(13-15)22(24)25/h6-7,13,16H,3-5,8-12,14H2,1-2H3,(H,20,23). The Balaban J connectivity index is 1.82. The average Bonchev–Trinajstić information content (AvgIpc) is 2.65. The lowest BCUT2D eigenvalue weighted by Crippen LogP contribution is -2.40. The molecule has 1 aromatic rings. The Bertz CT molecular complexity index is 613. The number of nitrogens with zero attached hydrogens (tertiary/aromatic N) is 2. The first-order valence-electron chi connectivity index (χ1n) is 9.36. The van der Waals surface area contributed by atoms with Crippen molar-refractivity contribution in [3.63, 3.8) is 0 Å². The van der Waals surface area contributed by atoms with Crippen LogP contribution in [0.1, 0.15) is 44.6 Å². The fourth-order valence-electron chi connectivity index (χ4n) is 3.32. The molecule has 0 atom stereocenters. The van der Waals surface area contributed by atoms with Gasteiger partial charge < -0.3 is 10.1 Å². The number of carbonyl (C=O) groups is 1. The first-order valence-corrected chi connectivity index (χ1v) is 9.36. The van der Waals surface area contributed by atoms with Crippen LogP contribution < -0.4 is 10.1 Å². The maximum absolute atomic E-state index is 12.2. The van der Waals surface area contributed by atoms with E-state index in [0.717, 1.165) is 57.3 Å². The highest BCUT2D eigenvalue weighted by Gasteiger charge is 2.25. The Kier molecular flexibility index (Phi) is 7.84. The number of benzene rings is 1. The molecule has 0 radical (unpaired) electrons. The predicted molar refractivity (Wildman–Crippen MR) is 100 cm³/mol. The van der Waals surface area contributed by atoms with E-state index in [1.165, 1.54) is 7.11 Å². The summed E-state index contributed by atoms with van der Waals surface area (Å²) in [5.41, 5.74) is 0.881. The van der Waals surface area contributed by atoms with E-state index in [-0.39, 0.29) is 23.3 Å². The van der Waals surface area contributed by atoms with Gasteiger partial charge in [-0.3, -0.25) is 19.8 Å². The number of amides is 1. The lowest BCUT2D eigenvalue weighted by molar-refractivity contribution is -0.385. The van der Waals surface area contributed by atoms with Crippen molar-refractivity contribution >= 4 is 11.6 Å². The summed E-state index contributed by atoms with van der Waals surface area (Å²) in [5, 5.41) is 14.2. The van der Waals surface area contributed by atoms with Gasteiger partial charge in [-0.2, -0.15) is 0 Å². The third-order valence-electron chi connectivity index (χ3n) is 4.88. The van der Waals surface area contributed by atoms with Crippen molar-refractivity contribution in [3.8, 4) is 5.75 Å². The number of methoxy groups -OCH3 is 1. The molecule has 1 aromatic carbocycles. The summed E-state index contributed by atoms with van der Waals surface area (Å²) >= 11 is 0. The molecule has 1 aliphatic heterocycles. The molecule has 0 aromatic heterocycles. The van der Waals surface area contributed by atoms with E-state index in [9.17, 15) is 14.9 Å². The third-order valence-corrected chi connectivity index (χ3v) is 4.88. The highest BCUT2D eigenvalue weighted by molar-refractivity contribution is 5.78. The number of hydrogen-bond donors (Lipinski definition) is 1. The molecule has 26 heavy (non-hydrogen) atoms. The quantitative estimate of drug-likeness (QED) is 0.414. The molecule has 1 heterocycles. The first-order chi connectivity index (χ1) is 12.5. The van der Waals surface area contributed by atoms with Crippen LogP contribution in [0.4, 0.5) is 5.69 Å². The molecule has 144 valence electrons. The SMILES string of the molecule is CCCCCNC(=O)C1CCN(Cc2ccc(OC)c([N+](=O)[O-])c2)CC1. The van der Waals surface area contributed by atoms with Gasteiger partial charge in [0.05, 0.1) is 12.0 Å². The molecule has 0 unspecified atom stereocenters. The van der Waals surface area contributed by atoms with Gasteiger partial charge in [-0.1, -0.05) is 25.8 Å². The van der Waals surface area contributed by atoms with Crippen LogP contribution >= 0.6 is 0 Å². The van der Waals surface area contributed by atoms with Crippen LogP contribution in [0.25, 0.3) is 0 Å². The Morgan fingerprint density at radius 2 is 2.08 bits per heavy atom. The second kappa shape index (κ2) is 10.1. The van der Waals surface area contributed by atoms with E-state index in [1.54, 1.807) is 12.1 Å². The van der Waals surface area contributed by atoms with Gasteiger partial charge in [0.25, 0.3) is 0 Å². The zero-order valence-electron chi connectivity index (χ0n) is 15.7. The number of ether oxygens (including phenoxy) is 1. The Morgan fingerprint density at radius 1 is 1.35 bits per heavy atom. The molecule has 0 spiro atoms. The normalized spacial score (nSPS) is 15.6. The van der Waals surface area contributed by atoms with Crippen molar-refractivity contribution in [2.24, 2.45) is 5.92 Å². The summed E-state index contributed by atoms with van der Waals surface area (Å²) < 4.78 is 5.04. The van der Waals surface area contributed by atoms with Crippen molar-refractivity contribution in [2.45, 2.75) is 45.6 Å². The topological polar surface area (TPSA) is 84.7 Å². The summed E-state index contributed by atoms with van der Waals surface area (Å²) in [4.78, 5) is 25.2. The lowest BCUT2D eigenvalue weighted by atomic mass is 9.95. The minimum Gasteiger partial charge on any atom is -0.490 e. The molecule has 1 saturated heterocycles. The van der Waals surface area contributed by atoms with E-state index >= 15 is 0 Å². The van der Waals surface area contributed by atoms with Gasteiger partial charge in [-0.05, 0) is 44.0 Å². The molecule has 7 nitrogen and oxygen atoms in total. The summed E-state index contributed by atoms with van der Waals surface area (Å²) in [7, 11) is 1.43. The fourth-order valence-corrected chi connectivity index (χ4v) is 3.32. The van der Waals surface area contributed by atoms with E-state index in [1.807, 2.05) is 6.07 Å². The van der Waals surface area contributed by atoms with E-state index in [4.69, 9.17) is 4.74 Å². The number of unbranched alkanes of at least 4 members (excludes halogenated alkanes) is 2. The van der Waals surface area contributed by atoms with E-state index in [0.29, 0.717) is 6.54 Å². The van der Waals surface area contributed by atoms with Crippen LogP contribution in [0.5, 0.6) is 5.75 Å². The summed E-state index contributed by atoms with van der Waals surface area (Å²) in [5.74, 6) is 0.524. The number of nitrogens with one attached hydrogen (secondary N) is 1. The number of nitro benzene ring substituents is 1. The molecular formula is C19H29N3O4. The highest BCUT2D eigenvalue weighted by atomic mass is 16.6. The smallest absolute Gasteiger partial charge is 0.311 e. The largest absolute Gasteiger partial charge is 0.490 e. The van der Waals surface area contributed by atoms with Crippen LogP contribution in [0.15, 0.2) is 18.2 Å². The maximum atomic E-state index is 12.2. The molecule has 1 aliphatic rings. The Labute approximate surface area is 154 Å². The second-order valence-electron chi connectivity index (χ2n) is 6.81. The molecular weight excluding hydrogens is 334 g/mol. The number of likely N-dealkylation sites (tertiary alicyclic amines) is 1.